The van der Waals surface area contributed by atoms with Crippen molar-refractivity contribution in [1.82, 2.24) is 9.36 Å². The van der Waals surface area contributed by atoms with Crippen molar-refractivity contribution in [2.75, 3.05) is 10.6 Å². The zero-order chi connectivity index (χ0) is 14.7. The Labute approximate surface area is 116 Å². The summed E-state index contributed by atoms with van der Waals surface area (Å²) in [5, 5.41) is 13.6. The molecule has 0 bridgehead atoms. The molecule has 7 nitrogen and oxygen atoms in total. The van der Waals surface area contributed by atoms with Crippen LogP contribution >= 0.6 is 11.5 Å². The molecule has 104 valence electrons. The van der Waals surface area contributed by atoms with E-state index in [1.807, 2.05) is 0 Å². The van der Waals surface area contributed by atoms with Crippen LogP contribution in [0.4, 0.5) is 20.0 Å². The molecule has 1 aromatic carbocycles. The molecule has 0 aliphatic heterocycles. The molecule has 1 heterocycles. The van der Waals surface area contributed by atoms with E-state index in [2.05, 4.69) is 20.0 Å². The van der Waals surface area contributed by atoms with Gasteiger partial charge in [0.15, 0.2) is 0 Å². The maximum Gasteiger partial charge on any atom is 0.335 e. The summed E-state index contributed by atoms with van der Waals surface area (Å²) in [7, 11) is 0. The number of nitrogens with one attached hydrogen (secondary N) is 2. The smallest absolute Gasteiger partial charge is 0.335 e. The molecule has 0 aliphatic carbocycles. The van der Waals surface area contributed by atoms with Gasteiger partial charge in [-0.1, -0.05) is 0 Å². The standard InChI is InChI=1S/C11H9FN4O3S/c1-5-13-11(20-16-5)15-10(19)14-8-3-2-6(9(17)18)4-7(8)12/h2-4H,1H3,(H,17,18)(H2,13,14,15,16,19). The number of hydrogen-bond donors (Lipinski definition) is 3. The maximum absolute atomic E-state index is 13.6. The van der Waals surface area contributed by atoms with E-state index in [4.69, 9.17) is 5.11 Å². The highest BCUT2D eigenvalue weighted by Gasteiger charge is 2.11. The molecule has 2 amide bonds. The molecular weight excluding hydrogens is 287 g/mol. The van der Waals surface area contributed by atoms with Crippen molar-refractivity contribution in [3.05, 3.63) is 35.4 Å². The first-order valence-corrected chi connectivity index (χ1v) is 6.14. The van der Waals surface area contributed by atoms with Gasteiger partial charge in [0.25, 0.3) is 0 Å². The van der Waals surface area contributed by atoms with E-state index in [0.717, 1.165) is 17.6 Å². The van der Waals surface area contributed by atoms with Gasteiger partial charge in [0.05, 0.1) is 11.3 Å². The summed E-state index contributed by atoms with van der Waals surface area (Å²) in [6.07, 6.45) is 0. The van der Waals surface area contributed by atoms with Crippen LogP contribution in [0.1, 0.15) is 16.2 Å². The van der Waals surface area contributed by atoms with E-state index in [0.29, 0.717) is 5.82 Å². The number of rotatable bonds is 3. The molecule has 3 N–H and O–H groups in total. The summed E-state index contributed by atoms with van der Waals surface area (Å²) in [6, 6.07) is 2.50. The summed E-state index contributed by atoms with van der Waals surface area (Å²) in [4.78, 5) is 26.2. The summed E-state index contributed by atoms with van der Waals surface area (Å²) >= 11 is 0.994. The van der Waals surface area contributed by atoms with Crippen molar-refractivity contribution in [2.45, 2.75) is 6.92 Å². The van der Waals surface area contributed by atoms with Crippen LogP contribution in [0.5, 0.6) is 0 Å². The average Bonchev–Trinajstić information content (AvgIpc) is 2.77. The van der Waals surface area contributed by atoms with Crippen LogP contribution in [0.15, 0.2) is 18.2 Å². The zero-order valence-electron chi connectivity index (χ0n) is 10.2. The van der Waals surface area contributed by atoms with Gasteiger partial charge in [0, 0.05) is 11.5 Å². The lowest BCUT2D eigenvalue weighted by Gasteiger charge is -2.06. The largest absolute Gasteiger partial charge is 0.478 e. The molecule has 2 rings (SSSR count). The number of halogens is 1. The molecule has 0 atom stereocenters. The van der Waals surface area contributed by atoms with Gasteiger partial charge >= 0.3 is 12.0 Å². The Kier molecular flexibility index (Phi) is 3.89. The fraction of sp³-hybridized carbons (Fsp3) is 0.0909. The van der Waals surface area contributed by atoms with Gasteiger partial charge < -0.3 is 10.4 Å². The van der Waals surface area contributed by atoms with Crippen LogP contribution in [0.25, 0.3) is 0 Å². The van der Waals surface area contributed by atoms with E-state index in [1.54, 1.807) is 6.92 Å². The highest BCUT2D eigenvalue weighted by molar-refractivity contribution is 7.09. The van der Waals surface area contributed by atoms with Gasteiger partial charge in [-0.25, -0.2) is 19.0 Å². The predicted octanol–water partition coefficient (Wildman–Crippen LogP) is 2.33. The quantitative estimate of drug-likeness (QED) is 0.806. The minimum atomic E-state index is -1.25. The first-order chi connectivity index (χ1) is 9.45. The highest BCUT2D eigenvalue weighted by atomic mass is 32.1. The number of anilines is 2. The number of aryl methyl sites for hydroxylation is 1. The van der Waals surface area contributed by atoms with E-state index < -0.39 is 17.8 Å². The van der Waals surface area contributed by atoms with Crippen LogP contribution in [0, 0.1) is 12.7 Å². The number of benzene rings is 1. The molecular formula is C11H9FN4O3S. The first-order valence-electron chi connectivity index (χ1n) is 5.37. The Morgan fingerprint density at radius 3 is 2.65 bits per heavy atom. The molecule has 9 heteroatoms. The van der Waals surface area contributed by atoms with E-state index in [9.17, 15) is 14.0 Å². The number of aromatic nitrogens is 2. The minimum Gasteiger partial charge on any atom is -0.478 e. The Morgan fingerprint density at radius 1 is 1.35 bits per heavy atom. The van der Waals surface area contributed by atoms with Crippen molar-refractivity contribution in [3.63, 3.8) is 0 Å². The summed E-state index contributed by atoms with van der Waals surface area (Å²) in [5.74, 6) is -1.57. The lowest BCUT2D eigenvalue weighted by atomic mass is 10.2. The van der Waals surface area contributed by atoms with Gasteiger partial charge in [-0.05, 0) is 25.1 Å². The second-order valence-corrected chi connectivity index (χ2v) is 4.48. The number of nitrogens with zero attached hydrogens (tertiary/aromatic N) is 2. The lowest BCUT2D eigenvalue weighted by molar-refractivity contribution is 0.0696. The second kappa shape index (κ2) is 5.61. The molecule has 0 fully saturated rings. The summed E-state index contributed by atoms with van der Waals surface area (Å²) in [6.45, 7) is 1.67. The topological polar surface area (TPSA) is 104 Å². The van der Waals surface area contributed by atoms with Crippen molar-refractivity contribution in [3.8, 4) is 0 Å². The molecule has 1 aromatic heterocycles. The SMILES string of the molecule is Cc1nsc(NC(=O)Nc2ccc(C(=O)O)cc2F)n1. The fourth-order valence-electron chi connectivity index (χ4n) is 1.35. The van der Waals surface area contributed by atoms with Gasteiger partial charge in [0.2, 0.25) is 5.13 Å². The third-order valence-electron chi connectivity index (χ3n) is 2.21. The number of hydrogen-bond acceptors (Lipinski definition) is 5. The third kappa shape index (κ3) is 3.26. The van der Waals surface area contributed by atoms with E-state index >= 15 is 0 Å². The number of carboxylic acids is 1. The van der Waals surface area contributed by atoms with Crippen molar-refractivity contribution < 1.29 is 19.1 Å². The van der Waals surface area contributed by atoms with Crippen molar-refractivity contribution in [2.24, 2.45) is 0 Å². The molecule has 0 saturated heterocycles. The van der Waals surface area contributed by atoms with E-state index in [1.165, 1.54) is 12.1 Å². The normalized spacial score (nSPS) is 10.1. The van der Waals surface area contributed by atoms with Crippen LogP contribution in [0.2, 0.25) is 0 Å². The van der Waals surface area contributed by atoms with Crippen LogP contribution in [-0.4, -0.2) is 26.5 Å². The number of carbonyl (C=O) groups excluding carboxylic acids is 1. The monoisotopic (exact) mass is 296 g/mol. The number of aromatic carboxylic acids is 1. The summed E-state index contributed by atoms with van der Waals surface area (Å²) < 4.78 is 17.5. The van der Waals surface area contributed by atoms with Crippen LogP contribution in [0.3, 0.4) is 0 Å². The molecule has 0 aliphatic rings. The molecule has 2 aromatic rings. The Bertz CT molecular complexity index is 673. The number of urea groups is 1. The second-order valence-electron chi connectivity index (χ2n) is 3.73. The maximum atomic E-state index is 13.6. The number of carbonyl (C=O) groups is 2. The number of carboxylic acid groups (broad SMARTS) is 1. The molecule has 0 radical (unpaired) electrons. The van der Waals surface area contributed by atoms with Crippen LogP contribution < -0.4 is 10.6 Å². The Hall–Kier alpha value is -2.55. The lowest BCUT2D eigenvalue weighted by Crippen LogP contribution is -2.20. The minimum absolute atomic E-state index is 0.131. The molecule has 0 unspecified atom stereocenters. The Morgan fingerprint density at radius 2 is 2.10 bits per heavy atom. The predicted molar refractivity (Wildman–Crippen MR) is 70.6 cm³/mol. The van der Waals surface area contributed by atoms with Gasteiger partial charge in [-0.15, -0.1) is 0 Å². The van der Waals surface area contributed by atoms with Crippen molar-refractivity contribution >= 4 is 34.4 Å². The van der Waals surface area contributed by atoms with Crippen molar-refractivity contribution in [1.29, 1.82) is 0 Å². The highest BCUT2D eigenvalue weighted by Crippen LogP contribution is 2.17. The third-order valence-corrected chi connectivity index (χ3v) is 2.93. The summed E-state index contributed by atoms with van der Waals surface area (Å²) in [5.41, 5.74) is -0.332. The zero-order valence-corrected chi connectivity index (χ0v) is 11.0. The molecule has 0 saturated carbocycles. The molecule has 0 spiro atoms. The van der Waals surface area contributed by atoms with E-state index in [-0.39, 0.29) is 16.4 Å². The molecule has 20 heavy (non-hydrogen) atoms. The van der Waals surface area contributed by atoms with Gasteiger partial charge in [0.1, 0.15) is 11.6 Å². The first kappa shape index (κ1) is 13.9. The fourth-order valence-corrected chi connectivity index (χ4v) is 1.92. The van der Waals surface area contributed by atoms with Crippen LogP contribution in [-0.2, 0) is 0 Å². The van der Waals surface area contributed by atoms with Gasteiger partial charge in [-0.3, -0.25) is 5.32 Å². The number of amides is 2. The Balaban J connectivity index is 2.06. The average molecular weight is 296 g/mol. The van der Waals surface area contributed by atoms with Gasteiger partial charge in [-0.2, -0.15) is 4.37 Å².